The summed E-state index contributed by atoms with van der Waals surface area (Å²) in [6, 6.07) is 1.37. The van der Waals surface area contributed by atoms with Gasteiger partial charge in [-0.15, -0.1) is 0 Å². The number of carboxylic acids is 1. The highest BCUT2D eigenvalue weighted by Gasteiger charge is 2.09. The maximum atomic E-state index is 11.6. The van der Waals surface area contributed by atoms with Gasteiger partial charge in [-0.3, -0.25) is 9.20 Å². The molecule has 0 radical (unpaired) electrons. The summed E-state index contributed by atoms with van der Waals surface area (Å²) in [4.78, 5) is 32.9. The van der Waals surface area contributed by atoms with Crippen LogP contribution in [0.2, 0.25) is 0 Å². The van der Waals surface area contributed by atoms with Crippen LogP contribution >= 0.6 is 0 Å². The average Bonchev–Trinajstić information content (AvgIpc) is 2.78. The van der Waals surface area contributed by atoms with Crippen molar-refractivity contribution in [1.29, 1.82) is 0 Å². The number of hydrogen-bond acceptors (Lipinski definition) is 4. The van der Waals surface area contributed by atoms with Crippen LogP contribution in [0.4, 0.5) is 0 Å². The van der Waals surface area contributed by atoms with Gasteiger partial charge in [0.25, 0.3) is 5.56 Å². The molecule has 0 aliphatic rings. The lowest BCUT2D eigenvalue weighted by Crippen LogP contribution is -2.12. The van der Waals surface area contributed by atoms with Gasteiger partial charge in [-0.25, -0.2) is 14.8 Å². The summed E-state index contributed by atoms with van der Waals surface area (Å²) in [5, 5.41) is 8.84. The number of nitrogens with one attached hydrogen (secondary N) is 1. The van der Waals surface area contributed by atoms with Crippen LogP contribution in [0, 0.1) is 0 Å². The molecule has 3 aromatic heterocycles. The zero-order chi connectivity index (χ0) is 12.0. The summed E-state index contributed by atoms with van der Waals surface area (Å²) < 4.78 is 1.51. The van der Waals surface area contributed by atoms with E-state index in [1.54, 1.807) is 6.20 Å². The molecule has 84 valence electrons. The third-order valence-electron chi connectivity index (χ3n) is 2.43. The molecule has 3 rings (SSSR count). The van der Waals surface area contributed by atoms with Gasteiger partial charge in [0.15, 0.2) is 5.65 Å². The second kappa shape index (κ2) is 3.14. The van der Waals surface area contributed by atoms with Crippen LogP contribution in [-0.2, 0) is 0 Å². The Balaban J connectivity index is 2.50. The number of aromatic carboxylic acids is 1. The molecule has 0 atom stereocenters. The highest BCUT2D eigenvalue weighted by molar-refractivity contribution is 5.90. The maximum Gasteiger partial charge on any atom is 0.337 e. The monoisotopic (exact) mass is 230 g/mol. The Hall–Kier alpha value is -2.70. The number of nitrogens with zero attached hydrogens (tertiary/aromatic N) is 3. The predicted molar refractivity (Wildman–Crippen MR) is 58.1 cm³/mol. The molecule has 0 fully saturated rings. The van der Waals surface area contributed by atoms with Crippen LogP contribution < -0.4 is 5.56 Å². The van der Waals surface area contributed by atoms with E-state index < -0.39 is 5.97 Å². The Morgan fingerprint density at radius 1 is 1.35 bits per heavy atom. The molecule has 0 aliphatic carbocycles. The first-order valence-electron chi connectivity index (χ1n) is 4.75. The number of pyridine rings is 1. The largest absolute Gasteiger partial charge is 0.478 e. The quantitative estimate of drug-likeness (QED) is 0.624. The summed E-state index contributed by atoms with van der Waals surface area (Å²) in [5.41, 5.74) is 0.690. The molecular weight excluding hydrogens is 224 g/mol. The van der Waals surface area contributed by atoms with Gasteiger partial charge < -0.3 is 10.1 Å². The number of rotatable bonds is 1. The van der Waals surface area contributed by atoms with Crippen molar-refractivity contribution in [2.75, 3.05) is 0 Å². The Bertz CT molecular complexity index is 802. The highest BCUT2D eigenvalue weighted by atomic mass is 16.4. The lowest BCUT2D eigenvalue weighted by molar-refractivity contribution is 0.0696. The first-order valence-corrected chi connectivity index (χ1v) is 4.75. The van der Waals surface area contributed by atoms with E-state index in [1.165, 1.54) is 22.9 Å². The molecule has 0 spiro atoms. The minimum Gasteiger partial charge on any atom is -0.478 e. The van der Waals surface area contributed by atoms with E-state index >= 15 is 0 Å². The van der Waals surface area contributed by atoms with Crippen molar-refractivity contribution in [2.45, 2.75) is 0 Å². The number of carbonyl (C=O) groups is 1. The zero-order valence-electron chi connectivity index (χ0n) is 8.41. The van der Waals surface area contributed by atoms with Gasteiger partial charge in [0.1, 0.15) is 0 Å². The van der Waals surface area contributed by atoms with Crippen molar-refractivity contribution < 1.29 is 9.90 Å². The molecule has 17 heavy (non-hydrogen) atoms. The molecular formula is C10H6N4O3. The maximum absolute atomic E-state index is 11.6. The Kier molecular flexibility index (Phi) is 1.76. The molecule has 2 N–H and O–H groups in total. The van der Waals surface area contributed by atoms with Gasteiger partial charge in [-0.2, -0.15) is 0 Å². The summed E-state index contributed by atoms with van der Waals surface area (Å²) in [5.74, 6) is -1.09. The van der Waals surface area contributed by atoms with E-state index in [2.05, 4.69) is 15.0 Å². The first-order chi connectivity index (χ1) is 8.16. The number of H-pyrrole nitrogens is 1. The molecule has 3 aromatic rings. The average molecular weight is 230 g/mol. The molecule has 0 saturated carbocycles. The van der Waals surface area contributed by atoms with E-state index in [0.29, 0.717) is 11.2 Å². The van der Waals surface area contributed by atoms with Crippen molar-refractivity contribution in [3.05, 3.63) is 40.6 Å². The number of hydrogen-bond donors (Lipinski definition) is 2. The molecule has 0 saturated heterocycles. The van der Waals surface area contributed by atoms with Gasteiger partial charge in [-0.05, 0) is 6.07 Å². The second-order valence-electron chi connectivity index (χ2n) is 3.48. The van der Waals surface area contributed by atoms with Crippen LogP contribution in [0.25, 0.3) is 16.8 Å². The molecule has 0 unspecified atom stereocenters. The van der Waals surface area contributed by atoms with Crippen LogP contribution in [0.15, 0.2) is 29.5 Å². The van der Waals surface area contributed by atoms with Gasteiger partial charge in [0.2, 0.25) is 5.65 Å². The van der Waals surface area contributed by atoms with Gasteiger partial charge in [0, 0.05) is 18.6 Å². The first kappa shape index (κ1) is 9.52. The second-order valence-corrected chi connectivity index (χ2v) is 3.48. The minimum atomic E-state index is -1.09. The smallest absolute Gasteiger partial charge is 0.337 e. The predicted octanol–water partition coefficient (Wildman–Crippen LogP) is 0.269. The molecule has 0 aliphatic heterocycles. The highest BCUT2D eigenvalue weighted by Crippen LogP contribution is 2.10. The summed E-state index contributed by atoms with van der Waals surface area (Å²) >= 11 is 0. The molecule has 0 amide bonds. The third kappa shape index (κ3) is 1.29. The van der Waals surface area contributed by atoms with E-state index in [0.717, 1.165) is 0 Å². The Morgan fingerprint density at radius 2 is 2.18 bits per heavy atom. The summed E-state index contributed by atoms with van der Waals surface area (Å²) in [6.45, 7) is 0. The number of aromatic amines is 1. The standard InChI is InChI=1S/C10H6N4O3/c15-9-8-11-1-2-14(8)7-6(13-9)3-5(4-12-7)10(16)17/h1-4H,(H,13,15)(H,16,17). The fourth-order valence-electron chi connectivity index (χ4n) is 1.68. The van der Waals surface area contributed by atoms with Crippen LogP contribution in [-0.4, -0.2) is 30.4 Å². The van der Waals surface area contributed by atoms with Crippen molar-refractivity contribution in [3.8, 4) is 0 Å². The lowest BCUT2D eigenvalue weighted by Gasteiger charge is -2.01. The van der Waals surface area contributed by atoms with Crippen LogP contribution in [0.5, 0.6) is 0 Å². The van der Waals surface area contributed by atoms with Crippen molar-refractivity contribution in [3.63, 3.8) is 0 Å². The van der Waals surface area contributed by atoms with E-state index in [-0.39, 0.29) is 16.8 Å². The molecule has 7 nitrogen and oxygen atoms in total. The Morgan fingerprint density at radius 3 is 2.94 bits per heavy atom. The molecule has 3 heterocycles. The number of fused-ring (bicyclic) bond motifs is 3. The number of carboxylic acid groups (broad SMARTS) is 1. The molecule has 0 aromatic carbocycles. The summed E-state index contributed by atoms with van der Waals surface area (Å²) in [7, 11) is 0. The van der Waals surface area contributed by atoms with Gasteiger partial charge >= 0.3 is 5.97 Å². The van der Waals surface area contributed by atoms with Crippen molar-refractivity contribution in [1.82, 2.24) is 19.4 Å². The molecule has 0 bridgehead atoms. The molecule has 7 heteroatoms. The van der Waals surface area contributed by atoms with Crippen LogP contribution in [0.3, 0.4) is 0 Å². The minimum absolute atomic E-state index is 0.0209. The topological polar surface area (TPSA) is 100 Å². The lowest BCUT2D eigenvalue weighted by atomic mass is 10.2. The van der Waals surface area contributed by atoms with E-state index in [9.17, 15) is 9.59 Å². The van der Waals surface area contributed by atoms with Crippen LogP contribution in [0.1, 0.15) is 10.4 Å². The Labute approximate surface area is 93.4 Å². The van der Waals surface area contributed by atoms with Crippen molar-refractivity contribution in [2.24, 2.45) is 0 Å². The normalized spacial score (nSPS) is 11.1. The fraction of sp³-hybridized carbons (Fsp3) is 0. The SMILES string of the molecule is O=C(O)c1cnc2c(c1)[nH]c(=O)c1nccn12. The van der Waals surface area contributed by atoms with Gasteiger partial charge in [-0.1, -0.05) is 0 Å². The number of aromatic nitrogens is 4. The fourth-order valence-corrected chi connectivity index (χ4v) is 1.68. The van der Waals surface area contributed by atoms with E-state index in [4.69, 9.17) is 5.11 Å². The van der Waals surface area contributed by atoms with E-state index in [1.807, 2.05) is 0 Å². The zero-order valence-corrected chi connectivity index (χ0v) is 8.41. The van der Waals surface area contributed by atoms with Gasteiger partial charge in [0.05, 0.1) is 11.1 Å². The number of imidazole rings is 1. The summed E-state index contributed by atoms with van der Waals surface area (Å²) in [6.07, 6.45) is 4.32. The van der Waals surface area contributed by atoms with Crippen molar-refractivity contribution >= 4 is 22.8 Å². The third-order valence-corrected chi connectivity index (χ3v) is 2.43.